The summed E-state index contributed by atoms with van der Waals surface area (Å²) >= 11 is 0. The smallest absolute Gasteiger partial charge is 0.154 e. The van der Waals surface area contributed by atoms with Crippen molar-refractivity contribution in [2.24, 2.45) is 11.7 Å². The Balaban J connectivity index is 1.40. The summed E-state index contributed by atoms with van der Waals surface area (Å²) in [6, 6.07) is 11.9. The van der Waals surface area contributed by atoms with E-state index in [-0.39, 0.29) is 24.4 Å². The van der Waals surface area contributed by atoms with E-state index in [4.69, 9.17) is 10.5 Å². The molecule has 1 atom stereocenters. The third-order valence-corrected chi connectivity index (χ3v) is 7.45. The lowest BCUT2D eigenvalue weighted by molar-refractivity contribution is -0.128. The molecule has 2 aromatic rings. The quantitative estimate of drug-likeness (QED) is 0.602. The van der Waals surface area contributed by atoms with Crippen molar-refractivity contribution in [3.8, 4) is 17.2 Å². The second-order valence-corrected chi connectivity index (χ2v) is 10.1. The highest BCUT2D eigenvalue weighted by atomic mass is 19.1. The van der Waals surface area contributed by atoms with Crippen LogP contribution in [0.3, 0.4) is 0 Å². The molecule has 4 rings (SSSR count). The molecule has 2 fully saturated rings. The highest BCUT2D eigenvalue weighted by molar-refractivity contribution is 5.88. The monoisotopic (exact) mass is 496 g/mol. The second kappa shape index (κ2) is 11.6. The van der Waals surface area contributed by atoms with Crippen LogP contribution in [0.25, 0.3) is 11.1 Å². The molecule has 2 aliphatic heterocycles. The number of benzene rings is 2. The van der Waals surface area contributed by atoms with E-state index in [0.29, 0.717) is 54.9 Å². The Hall–Kier alpha value is -2.70. The van der Waals surface area contributed by atoms with Gasteiger partial charge in [-0.3, -0.25) is 9.69 Å². The van der Waals surface area contributed by atoms with Crippen LogP contribution in [0.5, 0.6) is 0 Å². The summed E-state index contributed by atoms with van der Waals surface area (Å²) in [5.74, 6) is -1.63. The van der Waals surface area contributed by atoms with Crippen molar-refractivity contribution < 1.29 is 18.3 Å². The summed E-state index contributed by atoms with van der Waals surface area (Å²) in [5.41, 5.74) is 7.41. The van der Waals surface area contributed by atoms with Crippen molar-refractivity contribution in [3.63, 3.8) is 0 Å². The fourth-order valence-corrected chi connectivity index (χ4v) is 4.86. The van der Waals surface area contributed by atoms with Gasteiger partial charge in [0, 0.05) is 57.9 Å². The number of hydrogen-bond acceptors (Lipinski definition) is 6. The lowest BCUT2D eigenvalue weighted by Gasteiger charge is -2.32. The van der Waals surface area contributed by atoms with Crippen molar-refractivity contribution in [2.45, 2.75) is 37.8 Å². The first-order chi connectivity index (χ1) is 17.3. The van der Waals surface area contributed by atoms with E-state index >= 15 is 0 Å². The Bertz CT molecular complexity index is 1120. The molecule has 6 nitrogen and oxygen atoms in total. The van der Waals surface area contributed by atoms with Crippen LogP contribution < -0.4 is 5.73 Å². The van der Waals surface area contributed by atoms with Gasteiger partial charge in [0.05, 0.1) is 17.5 Å². The number of rotatable bonds is 8. The van der Waals surface area contributed by atoms with Crippen LogP contribution in [0.4, 0.5) is 8.78 Å². The fourth-order valence-electron chi connectivity index (χ4n) is 4.86. The molecule has 0 saturated carbocycles. The summed E-state index contributed by atoms with van der Waals surface area (Å²) in [6.07, 6.45) is 0.947. The van der Waals surface area contributed by atoms with E-state index in [9.17, 15) is 18.8 Å². The minimum Gasteiger partial charge on any atom is -0.381 e. The van der Waals surface area contributed by atoms with Gasteiger partial charge in [-0.1, -0.05) is 24.3 Å². The number of nitrogens with zero attached hydrogens (tertiary/aromatic N) is 3. The molecule has 2 N–H and O–H groups in total. The molecule has 0 unspecified atom stereocenters. The zero-order chi connectivity index (χ0) is 25.7. The predicted molar refractivity (Wildman–Crippen MR) is 134 cm³/mol. The summed E-state index contributed by atoms with van der Waals surface area (Å²) in [5, 5.41) is 9.59. The van der Waals surface area contributed by atoms with Crippen LogP contribution in [0, 0.1) is 28.9 Å². The molecule has 0 aliphatic carbocycles. The molecule has 0 spiro atoms. The Labute approximate surface area is 211 Å². The van der Waals surface area contributed by atoms with Gasteiger partial charge in [0.1, 0.15) is 11.6 Å². The lowest BCUT2D eigenvalue weighted by atomic mass is 9.81. The molecule has 192 valence electrons. The van der Waals surface area contributed by atoms with E-state index in [2.05, 4.69) is 22.9 Å². The maximum absolute atomic E-state index is 15.0. The number of carbonyl (C=O) groups is 1. The third kappa shape index (κ3) is 6.34. The number of Topliss-reactive ketones (excluding diaryl/α,β-unsaturated/α-hetero) is 1. The number of carbonyl (C=O) groups excluding carboxylic acids is 1. The van der Waals surface area contributed by atoms with E-state index in [1.807, 2.05) is 6.07 Å². The number of nitriles is 1. The van der Waals surface area contributed by atoms with E-state index in [0.717, 1.165) is 26.2 Å². The number of piperazine rings is 1. The molecule has 2 aromatic carbocycles. The minimum atomic E-state index is -0.976. The lowest BCUT2D eigenvalue weighted by Crippen LogP contribution is -2.52. The molecule has 8 heteroatoms. The van der Waals surface area contributed by atoms with Gasteiger partial charge in [-0.05, 0) is 55.1 Å². The average molecular weight is 497 g/mol. The van der Waals surface area contributed by atoms with Crippen molar-refractivity contribution in [1.29, 1.82) is 5.26 Å². The Morgan fingerprint density at radius 3 is 2.19 bits per heavy atom. The molecule has 2 aliphatic rings. The summed E-state index contributed by atoms with van der Waals surface area (Å²) < 4.78 is 35.1. The maximum atomic E-state index is 15.0. The first-order valence-corrected chi connectivity index (χ1v) is 12.5. The van der Waals surface area contributed by atoms with Crippen LogP contribution in [-0.2, 0) is 22.5 Å². The molecule has 0 bridgehead atoms. The summed E-state index contributed by atoms with van der Waals surface area (Å²) in [4.78, 5) is 17.2. The normalized spacial score (nSPS) is 19.5. The Morgan fingerprint density at radius 1 is 1.06 bits per heavy atom. The van der Waals surface area contributed by atoms with Crippen molar-refractivity contribution in [3.05, 3.63) is 59.2 Å². The number of ether oxygens (including phenoxy) is 1. The second-order valence-electron chi connectivity index (χ2n) is 10.1. The molecule has 2 heterocycles. The van der Waals surface area contributed by atoms with Gasteiger partial charge >= 0.3 is 0 Å². The van der Waals surface area contributed by atoms with Crippen LogP contribution in [0.2, 0.25) is 0 Å². The first-order valence-electron chi connectivity index (χ1n) is 12.5. The van der Waals surface area contributed by atoms with Crippen LogP contribution >= 0.6 is 0 Å². The highest BCUT2D eigenvalue weighted by Crippen LogP contribution is 2.28. The Morgan fingerprint density at radius 2 is 1.64 bits per heavy atom. The van der Waals surface area contributed by atoms with Gasteiger partial charge in [0.2, 0.25) is 0 Å². The molecule has 0 aromatic heterocycles. The molecule has 0 radical (unpaired) electrons. The van der Waals surface area contributed by atoms with Gasteiger partial charge in [-0.25, -0.2) is 8.78 Å². The molecule has 2 saturated heterocycles. The Kier molecular flexibility index (Phi) is 8.47. The number of halogens is 2. The number of hydrogen-bond donors (Lipinski definition) is 1. The third-order valence-electron chi connectivity index (χ3n) is 7.45. The summed E-state index contributed by atoms with van der Waals surface area (Å²) in [6.45, 7) is 5.14. The van der Waals surface area contributed by atoms with Gasteiger partial charge in [0.25, 0.3) is 0 Å². The minimum absolute atomic E-state index is 0.0197. The van der Waals surface area contributed by atoms with Crippen LogP contribution in [-0.4, -0.2) is 67.6 Å². The predicted octanol–water partition coefficient (Wildman–Crippen LogP) is 3.53. The van der Waals surface area contributed by atoms with E-state index < -0.39 is 17.3 Å². The molecular weight excluding hydrogens is 462 g/mol. The SMILES string of the molecule is CN1CCN(Cc2ccc(-c3ccc(C[C@@H](C#N)CC(=O)C4(N)CCOCC4)c(F)c3)cc2F)CC1. The molecule has 36 heavy (non-hydrogen) atoms. The van der Waals surface area contributed by atoms with Crippen molar-refractivity contribution in [2.75, 3.05) is 46.4 Å². The molecular formula is C28H34F2N4O2. The zero-order valence-corrected chi connectivity index (χ0v) is 20.8. The first kappa shape index (κ1) is 26.4. The van der Waals surface area contributed by atoms with Crippen LogP contribution in [0.1, 0.15) is 30.4 Å². The number of likely N-dealkylation sites (N-methyl/N-ethyl adjacent to an activating group) is 1. The van der Waals surface area contributed by atoms with Gasteiger partial charge < -0.3 is 15.4 Å². The van der Waals surface area contributed by atoms with Crippen molar-refractivity contribution in [1.82, 2.24) is 9.80 Å². The van der Waals surface area contributed by atoms with Crippen molar-refractivity contribution >= 4 is 5.78 Å². The summed E-state index contributed by atoms with van der Waals surface area (Å²) in [7, 11) is 2.08. The van der Waals surface area contributed by atoms with Gasteiger partial charge in [0.15, 0.2) is 5.78 Å². The van der Waals surface area contributed by atoms with Crippen LogP contribution in [0.15, 0.2) is 36.4 Å². The average Bonchev–Trinajstić information content (AvgIpc) is 2.87. The van der Waals surface area contributed by atoms with E-state index in [1.54, 1.807) is 18.2 Å². The van der Waals surface area contributed by atoms with Gasteiger partial charge in [-0.2, -0.15) is 5.26 Å². The largest absolute Gasteiger partial charge is 0.381 e. The number of ketones is 1. The van der Waals surface area contributed by atoms with E-state index in [1.165, 1.54) is 12.1 Å². The fraction of sp³-hybridized carbons (Fsp3) is 0.500. The standard InChI is InChI=1S/C28H34F2N4O2/c1-33-8-10-34(11-9-33)19-24-5-3-22(17-26(24)30)21-2-4-23(25(29)16-21)14-20(18-31)15-27(35)28(32)6-12-36-13-7-28/h2-5,16-17,20H,6-15,19,32H2,1H3/t20-/m1/s1. The zero-order valence-electron chi connectivity index (χ0n) is 20.8. The number of nitrogens with two attached hydrogens (primary N) is 1. The van der Waals surface area contributed by atoms with Gasteiger partial charge in [-0.15, -0.1) is 0 Å². The topological polar surface area (TPSA) is 82.6 Å². The molecule has 0 amide bonds. The highest BCUT2D eigenvalue weighted by Gasteiger charge is 2.36. The maximum Gasteiger partial charge on any atom is 0.154 e.